The molecule has 1 aliphatic rings. The first kappa shape index (κ1) is 18.8. The summed E-state index contributed by atoms with van der Waals surface area (Å²) in [6.45, 7) is 0.934. The summed E-state index contributed by atoms with van der Waals surface area (Å²) in [4.78, 5) is 16.2. The molecule has 2 aromatic carbocycles. The van der Waals surface area contributed by atoms with Crippen molar-refractivity contribution in [3.05, 3.63) is 59.7 Å². The fourth-order valence-corrected chi connectivity index (χ4v) is 4.05. The van der Waals surface area contributed by atoms with Crippen molar-refractivity contribution >= 4 is 17.7 Å². The Kier molecular flexibility index (Phi) is 6.58. The van der Waals surface area contributed by atoms with Crippen LogP contribution in [0.5, 0.6) is 5.75 Å². The third kappa shape index (κ3) is 4.40. The number of methoxy groups -OCH3 is 1. The molecule has 138 valence electrons. The van der Waals surface area contributed by atoms with Gasteiger partial charge in [-0.3, -0.25) is 4.79 Å². The summed E-state index contributed by atoms with van der Waals surface area (Å²) in [6, 6.07) is 15.8. The number of thioether (sulfide) groups is 1. The standard InChI is InChI=1S/C21H25NO3S/c1-25-18-6-4-5-17(15-18)20-7-2-3-12-22(20)21(24)16-8-10-19(11-9-16)26-14-13-23/h4-6,8-11,15,20,23H,2-3,7,12-14H2,1H3. The van der Waals surface area contributed by atoms with E-state index in [4.69, 9.17) is 9.84 Å². The number of aliphatic hydroxyl groups excluding tert-OH is 1. The summed E-state index contributed by atoms with van der Waals surface area (Å²) < 4.78 is 5.35. The topological polar surface area (TPSA) is 49.8 Å². The van der Waals surface area contributed by atoms with E-state index in [0.717, 1.165) is 42.0 Å². The Morgan fingerprint density at radius 2 is 2.04 bits per heavy atom. The molecular formula is C21H25NO3S. The summed E-state index contributed by atoms with van der Waals surface area (Å²) in [5, 5.41) is 8.92. The molecule has 0 radical (unpaired) electrons. The molecule has 0 aromatic heterocycles. The van der Waals surface area contributed by atoms with Gasteiger partial charge in [-0.05, 0) is 61.2 Å². The van der Waals surface area contributed by atoms with Crippen LogP contribution in [0.1, 0.15) is 41.2 Å². The summed E-state index contributed by atoms with van der Waals surface area (Å²) >= 11 is 1.59. The Labute approximate surface area is 159 Å². The van der Waals surface area contributed by atoms with E-state index in [-0.39, 0.29) is 18.6 Å². The second kappa shape index (κ2) is 9.10. The molecule has 4 nitrogen and oxygen atoms in total. The minimum absolute atomic E-state index is 0.0798. The minimum atomic E-state index is 0.0798. The van der Waals surface area contributed by atoms with Crippen LogP contribution in [0, 0.1) is 0 Å². The predicted octanol–water partition coefficient (Wildman–Crippen LogP) is 4.15. The number of carbonyl (C=O) groups is 1. The lowest BCUT2D eigenvalue weighted by atomic mass is 9.94. The second-order valence-electron chi connectivity index (χ2n) is 6.38. The quantitative estimate of drug-likeness (QED) is 0.775. The molecule has 0 aliphatic carbocycles. The molecule has 1 saturated heterocycles. The van der Waals surface area contributed by atoms with Crippen LogP contribution in [-0.2, 0) is 0 Å². The van der Waals surface area contributed by atoms with Gasteiger partial charge in [-0.15, -0.1) is 11.8 Å². The van der Waals surface area contributed by atoms with Crippen LogP contribution in [-0.4, -0.2) is 41.9 Å². The average molecular weight is 372 g/mol. The van der Waals surface area contributed by atoms with Gasteiger partial charge in [0.1, 0.15) is 5.75 Å². The van der Waals surface area contributed by atoms with Crippen LogP contribution in [0.4, 0.5) is 0 Å². The van der Waals surface area contributed by atoms with Crippen LogP contribution < -0.4 is 4.74 Å². The molecule has 0 spiro atoms. The number of aliphatic hydroxyl groups is 1. The van der Waals surface area contributed by atoms with Gasteiger partial charge in [-0.1, -0.05) is 12.1 Å². The molecule has 2 aromatic rings. The summed E-state index contributed by atoms with van der Waals surface area (Å²) in [5.41, 5.74) is 1.85. The summed E-state index contributed by atoms with van der Waals surface area (Å²) in [7, 11) is 1.67. The summed E-state index contributed by atoms with van der Waals surface area (Å²) in [6.07, 6.45) is 3.14. The Bertz CT molecular complexity index is 732. The third-order valence-corrected chi connectivity index (χ3v) is 5.70. The van der Waals surface area contributed by atoms with Crippen molar-refractivity contribution in [1.29, 1.82) is 0 Å². The maximum absolute atomic E-state index is 13.1. The molecule has 1 unspecified atom stereocenters. The fraction of sp³-hybridized carbons (Fsp3) is 0.381. The molecule has 1 heterocycles. The first-order valence-corrected chi connectivity index (χ1v) is 10.00. The molecule has 26 heavy (non-hydrogen) atoms. The maximum atomic E-state index is 13.1. The highest BCUT2D eigenvalue weighted by Gasteiger charge is 2.28. The molecule has 1 atom stereocenters. The van der Waals surface area contributed by atoms with Crippen molar-refractivity contribution in [2.45, 2.75) is 30.2 Å². The molecule has 1 aliphatic heterocycles. The number of amides is 1. The van der Waals surface area contributed by atoms with Gasteiger partial charge in [0.05, 0.1) is 19.8 Å². The average Bonchev–Trinajstić information content (AvgIpc) is 2.72. The highest BCUT2D eigenvalue weighted by atomic mass is 32.2. The first-order valence-electron chi connectivity index (χ1n) is 9.01. The normalized spacial score (nSPS) is 17.2. The number of likely N-dealkylation sites (tertiary alicyclic amines) is 1. The van der Waals surface area contributed by atoms with E-state index in [1.165, 1.54) is 0 Å². The van der Waals surface area contributed by atoms with Crippen molar-refractivity contribution in [1.82, 2.24) is 4.90 Å². The van der Waals surface area contributed by atoms with Gasteiger partial charge in [0.15, 0.2) is 0 Å². The van der Waals surface area contributed by atoms with Gasteiger partial charge < -0.3 is 14.7 Å². The van der Waals surface area contributed by atoms with Crippen molar-refractivity contribution in [2.75, 3.05) is 26.0 Å². The zero-order valence-electron chi connectivity index (χ0n) is 15.1. The first-order chi connectivity index (χ1) is 12.7. The molecule has 1 amide bonds. The van der Waals surface area contributed by atoms with Crippen LogP contribution in [0.25, 0.3) is 0 Å². The van der Waals surface area contributed by atoms with Crippen LogP contribution in [0.3, 0.4) is 0 Å². The van der Waals surface area contributed by atoms with Gasteiger partial charge in [-0.25, -0.2) is 0 Å². The molecule has 5 heteroatoms. The van der Waals surface area contributed by atoms with Crippen molar-refractivity contribution in [3.63, 3.8) is 0 Å². The number of hydrogen-bond donors (Lipinski definition) is 1. The Morgan fingerprint density at radius 3 is 2.77 bits per heavy atom. The fourth-order valence-electron chi connectivity index (χ4n) is 3.39. The molecule has 1 N–H and O–H groups in total. The molecule has 0 bridgehead atoms. The maximum Gasteiger partial charge on any atom is 0.254 e. The SMILES string of the molecule is COc1cccc(C2CCCCN2C(=O)c2ccc(SCCO)cc2)c1. The Morgan fingerprint density at radius 1 is 1.23 bits per heavy atom. The van der Waals surface area contributed by atoms with E-state index in [9.17, 15) is 4.79 Å². The zero-order chi connectivity index (χ0) is 18.4. The van der Waals surface area contributed by atoms with E-state index in [1.54, 1.807) is 18.9 Å². The smallest absolute Gasteiger partial charge is 0.254 e. The van der Waals surface area contributed by atoms with E-state index >= 15 is 0 Å². The lowest BCUT2D eigenvalue weighted by molar-refractivity contribution is 0.0611. The highest BCUT2D eigenvalue weighted by molar-refractivity contribution is 7.99. The van der Waals surface area contributed by atoms with E-state index < -0.39 is 0 Å². The highest BCUT2D eigenvalue weighted by Crippen LogP contribution is 2.33. The molecule has 0 saturated carbocycles. The number of hydrogen-bond acceptors (Lipinski definition) is 4. The zero-order valence-corrected chi connectivity index (χ0v) is 15.9. The van der Waals surface area contributed by atoms with Gasteiger partial charge in [0.25, 0.3) is 5.91 Å². The number of nitrogens with zero attached hydrogens (tertiary/aromatic N) is 1. The number of benzene rings is 2. The monoisotopic (exact) mass is 371 g/mol. The van der Waals surface area contributed by atoms with Crippen LogP contribution in [0.15, 0.2) is 53.4 Å². The van der Waals surface area contributed by atoms with Crippen LogP contribution in [0.2, 0.25) is 0 Å². The van der Waals surface area contributed by atoms with Crippen LogP contribution >= 0.6 is 11.8 Å². The lowest BCUT2D eigenvalue weighted by Crippen LogP contribution is -2.38. The number of carbonyl (C=O) groups excluding carboxylic acids is 1. The molecule has 1 fully saturated rings. The van der Waals surface area contributed by atoms with E-state index in [1.807, 2.05) is 47.4 Å². The van der Waals surface area contributed by atoms with Crippen molar-refractivity contribution in [2.24, 2.45) is 0 Å². The van der Waals surface area contributed by atoms with Crippen molar-refractivity contribution in [3.8, 4) is 5.75 Å². The summed E-state index contributed by atoms with van der Waals surface area (Å²) in [5.74, 6) is 1.57. The molecular weight excluding hydrogens is 346 g/mol. The third-order valence-electron chi connectivity index (χ3n) is 4.70. The number of ether oxygens (including phenoxy) is 1. The largest absolute Gasteiger partial charge is 0.497 e. The Hall–Kier alpha value is -1.98. The van der Waals surface area contributed by atoms with Gasteiger partial charge in [-0.2, -0.15) is 0 Å². The number of rotatable bonds is 6. The molecule has 3 rings (SSSR count). The van der Waals surface area contributed by atoms with Gasteiger partial charge in [0, 0.05) is 22.8 Å². The second-order valence-corrected chi connectivity index (χ2v) is 7.55. The minimum Gasteiger partial charge on any atom is -0.497 e. The number of piperidine rings is 1. The van der Waals surface area contributed by atoms with Gasteiger partial charge in [0.2, 0.25) is 0 Å². The predicted molar refractivity (Wildman–Crippen MR) is 105 cm³/mol. The Balaban J connectivity index is 1.79. The van der Waals surface area contributed by atoms with E-state index in [2.05, 4.69) is 6.07 Å². The van der Waals surface area contributed by atoms with Crippen molar-refractivity contribution < 1.29 is 14.6 Å². The lowest BCUT2D eigenvalue weighted by Gasteiger charge is -2.36. The van der Waals surface area contributed by atoms with E-state index in [0.29, 0.717) is 11.3 Å². The van der Waals surface area contributed by atoms with Gasteiger partial charge >= 0.3 is 0 Å².